The van der Waals surface area contributed by atoms with E-state index >= 15 is 4.39 Å². The number of carbonyl (C=O) groups excluding carboxylic acids is 1. The summed E-state index contributed by atoms with van der Waals surface area (Å²) in [5.41, 5.74) is 1.75. The van der Waals surface area contributed by atoms with Crippen molar-refractivity contribution >= 4 is 5.91 Å². The second kappa shape index (κ2) is 7.65. The molecule has 1 fully saturated rings. The van der Waals surface area contributed by atoms with Crippen molar-refractivity contribution < 1.29 is 13.6 Å². The fourth-order valence-electron chi connectivity index (χ4n) is 5.28. The summed E-state index contributed by atoms with van der Waals surface area (Å²) >= 11 is 0. The zero-order valence-corrected chi connectivity index (χ0v) is 17.9. The first kappa shape index (κ1) is 20.5. The molecule has 32 heavy (non-hydrogen) atoms. The van der Waals surface area contributed by atoms with Gasteiger partial charge in [-0.2, -0.15) is 5.10 Å². The van der Waals surface area contributed by atoms with Crippen LogP contribution in [0.4, 0.5) is 8.78 Å². The van der Waals surface area contributed by atoms with Gasteiger partial charge in [0.25, 0.3) is 5.91 Å². The Kier molecular flexibility index (Phi) is 4.92. The van der Waals surface area contributed by atoms with Gasteiger partial charge in [0.15, 0.2) is 0 Å². The van der Waals surface area contributed by atoms with Crippen LogP contribution in [0.2, 0.25) is 0 Å². The van der Waals surface area contributed by atoms with Gasteiger partial charge in [0, 0.05) is 18.0 Å². The van der Waals surface area contributed by atoms with Gasteiger partial charge in [0.2, 0.25) is 5.43 Å². The number of benzene rings is 2. The minimum Gasteiger partial charge on any atom is -0.332 e. The quantitative estimate of drug-likeness (QED) is 0.622. The molecule has 2 aliphatic heterocycles. The van der Waals surface area contributed by atoms with E-state index in [0.29, 0.717) is 28.8 Å². The number of rotatable bonds is 3. The molecular weight excluding hydrogens is 412 g/mol. The average Bonchev–Trinajstić information content (AvgIpc) is 3.26. The number of halogens is 2. The van der Waals surface area contributed by atoms with Crippen LogP contribution >= 0.6 is 0 Å². The van der Waals surface area contributed by atoms with E-state index in [1.54, 1.807) is 53.8 Å². The van der Waals surface area contributed by atoms with Crippen LogP contribution in [0, 0.1) is 25.5 Å². The molecule has 1 aromatic heterocycles. The van der Waals surface area contributed by atoms with Gasteiger partial charge in [-0.05, 0) is 55.5 Å². The van der Waals surface area contributed by atoms with Crippen molar-refractivity contribution in [3.05, 3.63) is 98.5 Å². The Morgan fingerprint density at radius 2 is 1.88 bits per heavy atom. The maximum absolute atomic E-state index is 15.5. The lowest BCUT2D eigenvalue weighted by Gasteiger charge is -2.43. The molecule has 1 saturated heterocycles. The largest absolute Gasteiger partial charge is 0.332 e. The van der Waals surface area contributed by atoms with Crippen molar-refractivity contribution in [2.75, 3.05) is 6.54 Å². The molecule has 0 N–H and O–H groups in total. The van der Waals surface area contributed by atoms with E-state index in [4.69, 9.17) is 0 Å². The molecule has 0 unspecified atom stereocenters. The molecule has 0 radical (unpaired) electrons. The highest BCUT2D eigenvalue weighted by Crippen LogP contribution is 2.46. The van der Waals surface area contributed by atoms with Gasteiger partial charge in [-0.3, -0.25) is 14.3 Å². The zero-order valence-electron chi connectivity index (χ0n) is 17.9. The molecule has 7 heteroatoms. The summed E-state index contributed by atoms with van der Waals surface area (Å²) in [6, 6.07) is 10.6. The van der Waals surface area contributed by atoms with Crippen LogP contribution in [-0.2, 0) is 0 Å². The predicted molar refractivity (Wildman–Crippen MR) is 116 cm³/mol. The van der Waals surface area contributed by atoms with Gasteiger partial charge < -0.3 is 4.90 Å². The number of hydrogen-bond acceptors (Lipinski definition) is 3. The van der Waals surface area contributed by atoms with Gasteiger partial charge in [-0.15, -0.1) is 0 Å². The van der Waals surface area contributed by atoms with Crippen molar-refractivity contribution in [1.82, 2.24) is 14.7 Å². The van der Waals surface area contributed by atoms with Crippen LogP contribution in [0.1, 0.15) is 57.5 Å². The van der Waals surface area contributed by atoms with Crippen molar-refractivity contribution in [1.29, 1.82) is 0 Å². The van der Waals surface area contributed by atoms with E-state index < -0.39 is 17.8 Å². The Labute approximate surface area is 184 Å². The normalized spacial score (nSPS) is 20.8. The Morgan fingerprint density at radius 1 is 1.09 bits per heavy atom. The molecule has 2 aromatic carbocycles. The molecule has 0 spiro atoms. The topological polar surface area (TPSA) is 55.2 Å². The fraction of sp³-hybridized carbons (Fsp3) is 0.320. The van der Waals surface area contributed by atoms with Gasteiger partial charge in [0.05, 0.1) is 18.3 Å². The Balaban J connectivity index is 1.82. The first-order valence-electron chi connectivity index (χ1n) is 10.8. The second-order valence-electron chi connectivity index (χ2n) is 8.64. The summed E-state index contributed by atoms with van der Waals surface area (Å²) in [5.74, 6) is -1.60. The molecule has 164 valence electrons. The number of nitrogens with zero attached hydrogens (tertiary/aromatic N) is 3. The van der Waals surface area contributed by atoms with Crippen LogP contribution in [0.3, 0.4) is 0 Å². The van der Waals surface area contributed by atoms with Gasteiger partial charge in [-0.1, -0.05) is 30.3 Å². The average molecular weight is 435 g/mol. The molecule has 0 saturated carbocycles. The van der Waals surface area contributed by atoms with E-state index in [0.717, 1.165) is 12.8 Å². The number of aromatic nitrogens is 2. The van der Waals surface area contributed by atoms with Crippen molar-refractivity contribution in [2.45, 2.75) is 44.7 Å². The number of fused-ring (bicyclic) bond motifs is 2. The maximum Gasteiger partial charge on any atom is 0.272 e. The minimum absolute atomic E-state index is 0.228. The molecule has 2 aliphatic rings. The maximum atomic E-state index is 15.5. The molecule has 0 aliphatic carbocycles. The summed E-state index contributed by atoms with van der Waals surface area (Å²) in [7, 11) is 0. The number of aryl methyl sites for hydroxylation is 1. The summed E-state index contributed by atoms with van der Waals surface area (Å²) in [6.07, 6.45) is 2.73. The first-order valence-corrected chi connectivity index (χ1v) is 10.8. The number of amides is 1. The van der Waals surface area contributed by atoms with Crippen LogP contribution in [0.25, 0.3) is 0 Å². The smallest absolute Gasteiger partial charge is 0.272 e. The van der Waals surface area contributed by atoms with Crippen molar-refractivity contribution in [2.24, 2.45) is 0 Å². The summed E-state index contributed by atoms with van der Waals surface area (Å²) in [4.78, 5) is 27.4. The van der Waals surface area contributed by atoms with E-state index in [1.165, 1.54) is 18.3 Å². The highest BCUT2D eigenvalue weighted by atomic mass is 19.1. The van der Waals surface area contributed by atoms with Gasteiger partial charge in [-0.25, -0.2) is 8.78 Å². The standard InChI is InChI=1S/C25H23F2N3O2/c1-14-6-3-9-18(22(14)27)21(16-7-4-8-17(26)12-16)24-19-10-5-11-29(19)25(32)23-15(2)20(31)13-28-30(23)24/h3-4,6-9,12-13,19,21,24H,5,10-11H2,1-2H3/t19-,21-,24-/m1/s1. The predicted octanol–water partition coefficient (Wildman–Crippen LogP) is 4.13. The summed E-state index contributed by atoms with van der Waals surface area (Å²) < 4.78 is 31.4. The van der Waals surface area contributed by atoms with Crippen LogP contribution in [-0.4, -0.2) is 33.2 Å². The third-order valence-corrected chi connectivity index (χ3v) is 6.80. The summed E-state index contributed by atoms with van der Waals surface area (Å²) in [5, 5.41) is 4.36. The Bertz CT molecular complexity index is 1290. The molecule has 1 amide bonds. The monoisotopic (exact) mass is 435 g/mol. The summed E-state index contributed by atoms with van der Waals surface area (Å²) in [6.45, 7) is 3.88. The Hall–Kier alpha value is -3.35. The van der Waals surface area contributed by atoms with E-state index in [1.807, 2.05) is 0 Å². The van der Waals surface area contributed by atoms with Crippen LogP contribution in [0.5, 0.6) is 0 Å². The van der Waals surface area contributed by atoms with E-state index in [9.17, 15) is 14.0 Å². The Morgan fingerprint density at radius 3 is 2.66 bits per heavy atom. The molecule has 3 atom stereocenters. The number of carbonyl (C=O) groups is 1. The first-order chi connectivity index (χ1) is 15.4. The van der Waals surface area contributed by atoms with Crippen LogP contribution in [0.15, 0.2) is 53.5 Å². The van der Waals surface area contributed by atoms with Crippen molar-refractivity contribution in [3.63, 3.8) is 0 Å². The molecule has 3 heterocycles. The molecule has 0 bridgehead atoms. The minimum atomic E-state index is -0.600. The SMILES string of the molecule is Cc1cccc([C@@H](c2cccc(F)c2)[C@H]2[C@H]3CCCN3C(=O)c3c(C)c(=O)cnn32)c1F. The third kappa shape index (κ3) is 3.06. The molecule has 5 rings (SSSR count). The fourth-order valence-corrected chi connectivity index (χ4v) is 5.28. The lowest BCUT2D eigenvalue weighted by molar-refractivity contribution is 0.0569. The third-order valence-electron chi connectivity index (χ3n) is 6.80. The van der Waals surface area contributed by atoms with Crippen molar-refractivity contribution in [3.8, 4) is 0 Å². The molecule has 5 nitrogen and oxygen atoms in total. The van der Waals surface area contributed by atoms with Crippen LogP contribution < -0.4 is 5.43 Å². The highest BCUT2D eigenvalue weighted by molar-refractivity contribution is 5.95. The lowest BCUT2D eigenvalue weighted by Crippen LogP contribution is -2.51. The molecular formula is C25H23F2N3O2. The van der Waals surface area contributed by atoms with Gasteiger partial charge >= 0.3 is 0 Å². The zero-order chi connectivity index (χ0) is 22.6. The van der Waals surface area contributed by atoms with Gasteiger partial charge in [0.1, 0.15) is 17.3 Å². The number of hydrogen-bond donors (Lipinski definition) is 0. The lowest BCUT2D eigenvalue weighted by atomic mass is 9.79. The van der Waals surface area contributed by atoms with E-state index in [-0.39, 0.29) is 28.9 Å². The molecule has 3 aromatic rings. The highest BCUT2D eigenvalue weighted by Gasteiger charge is 2.48. The van der Waals surface area contributed by atoms with E-state index in [2.05, 4.69) is 5.10 Å². The second-order valence-corrected chi connectivity index (χ2v) is 8.64.